The first-order valence-electron chi connectivity index (χ1n) is 13.3. The molecule has 0 bridgehead atoms. The number of nitrogens with zero attached hydrogens (tertiary/aromatic N) is 4. The zero-order chi connectivity index (χ0) is 30.8. The van der Waals surface area contributed by atoms with Crippen molar-refractivity contribution in [1.82, 2.24) is 14.7 Å². The van der Waals surface area contributed by atoms with Crippen LogP contribution in [0.25, 0.3) is 17.0 Å². The summed E-state index contributed by atoms with van der Waals surface area (Å²) in [6.45, 7) is 10.9. The summed E-state index contributed by atoms with van der Waals surface area (Å²) in [5, 5.41) is 14.4. The lowest BCUT2D eigenvalue weighted by atomic mass is 10.0. The number of thioether (sulfide) groups is 1. The number of nitriles is 1. The fraction of sp³-hybridized carbons (Fsp3) is 0.355. The van der Waals surface area contributed by atoms with E-state index in [0.29, 0.717) is 28.9 Å². The zero-order valence-electron chi connectivity index (χ0n) is 24.8. The molecule has 0 fully saturated rings. The molecule has 42 heavy (non-hydrogen) atoms. The molecule has 11 heteroatoms. The van der Waals surface area contributed by atoms with Crippen LogP contribution in [0.15, 0.2) is 59.6 Å². The summed E-state index contributed by atoms with van der Waals surface area (Å²) < 4.78 is 18.4. The maximum Gasteiger partial charge on any atom is 0.416 e. The number of carbonyl (C=O) groups is 2. The molecule has 0 spiro atoms. The summed E-state index contributed by atoms with van der Waals surface area (Å²) in [5.74, 6) is 0.106. The molecule has 2 N–H and O–H groups in total. The highest BCUT2D eigenvalue weighted by Gasteiger charge is 2.43. The van der Waals surface area contributed by atoms with Gasteiger partial charge >= 0.3 is 12.1 Å². The Hall–Kier alpha value is -4.27. The third-order valence-electron chi connectivity index (χ3n) is 5.91. The molecule has 1 aliphatic heterocycles. The number of aromatic nitrogens is 2. The van der Waals surface area contributed by atoms with E-state index in [0.717, 1.165) is 23.1 Å². The van der Waals surface area contributed by atoms with Gasteiger partial charge in [0.2, 0.25) is 0 Å². The molecule has 1 atom stereocenters. The molecule has 0 saturated carbocycles. The number of methoxy groups -OCH3 is 1. The Kier molecular flexibility index (Phi) is 8.71. The van der Waals surface area contributed by atoms with Crippen molar-refractivity contribution in [3.63, 3.8) is 0 Å². The first-order valence-corrected chi connectivity index (χ1v) is 14.2. The minimum Gasteiger partial charge on any atom is -0.497 e. The predicted octanol–water partition coefficient (Wildman–Crippen LogP) is 5.72. The van der Waals surface area contributed by atoms with Crippen molar-refractivity contribution in [2.24, 2.45) is 5.73 Å². The maximum atomic E-state index is 13.6. The van der Waals surface area contributed by atoms with Gasteiger partial charge in [-0.1, -0.05) is 36.0 Å². The van der Waals surface area contributed by atoms with Crippen LogP contribution in [0.5, 0.6) is 5.75 Å². The van der Waals surface area contributed by atoms with Crippen molar-refractivity contribution in [2.75, 3.05) is 7.11 Å². The summed E-state index contributed by atoms with van der Waals surface area (Å²) >= 11 is 1.01. The van der Waals surface area contributed by atoms with Crippen molar-refractivity contribution < 1.29 is 23.8 Å². The van der Waals surface area contributed by atoms with Gasteiger partial charge in [-0.05, 0) is 71.4 Å². The van der Waals surface area contributed by atoms with Gasteiger partial charge in [0.1, 0.15) is 33.0 Å². The highest BCUT2D eigenvalue weighted by atomic mass is 32.2. The molecule has 0 aliphatic carbocycles. The number of carbonyl (C=O) groups excluding carboxylic acids is 2. The summed E-state index contributed by atoms with van der Waals surface area (Å²) in [7, 11) is 1.60. The number of benzene rings is 2. The number of nitrogens with two attached hydrogens (primary N) is 1. The van der Waals surface area contributed by atoms with E-state index in [1.54, 1.807) is 77.7 Å². The molecule has 1 aliphatic rings. The van der Waals surface area contributed by atoms with Crippen LogP contribution in [0.4, 0.5) is 4.79 Å². The van der Waals surface area contributed by atoms with Crippen LogP contribution in [0, 0.1) is 11.3 Å². The van der Waals surface area contributed by atoms with Crippen LogP contribution in [-0.4, -0.2) is 50.6 Å². The van der Waals surface area contributed by atoms with Gasteiger partial charge in [-0.15, -0.1) is 0 Å². The highest BCUT2D eigenvalue weighted by Crippen LogP contribution is 2.45. The average molecular weight is 590 g/mol. The molecule has 220 valence electrons. The zero-order valence-corrected chi connectivity index (χ0v) is 25.6. The molecular formula is C31H35N5O5S. The number of rotatable bonds is 6. The molecule has 1 unspecified atom stereocenters. The van der Waals surface area contributed by atoms with E-state index in [4.69, 9.17) is 25.0 Å². The summed E-state index contributed by atoms with van der Waals surface area (Å²) in [5.41, 5.74) is 7.07. The van der Waals surface area contributed by atoms with Gasteiger partial charge in [-0.25, -0.2) is 9.59 Å². The molecule has 4 rings (SSSR count). The summed E-state index contributed by atoms with van der Waals surface area (Å²) in [4.78, 5) is 28.5. The Balaban J connectivity index is 1.93. The number of hydrogen-bond donors (Lipinski definition) is 1. The topological polar surface area (TPSA) is 133 Å². The SMILES string of the molecule is COc1ccc(Cn2cc(C3=C(C(=O)OC(C)(C)C)SC(N)N3C(=O)OC(C)(C)C)c(-c3cccc(C#N)c3)n2)cc1. The van der Waals surface area contributed by atoms with E-state index in [-0.39, 0.29) is 10.6 Å². The molecular weight excluding hydrogens is 554 g/mol. The number of ether oxygens (including phenoxy) is 3. The van der Waals surface area contributed by atoms with Crippen LogP contribution < -0.4 is 10.5 Å². The third kappa shape index (κ3) is 7.13. The van der Waals surface area contributed by atoms with Gasteiger partial charge in [0.25, 0.3) is 0 Å². The van der Waals surface area contributed by atoms with Crippen LogP contribution >= 0.6 is 11.8 Å². The van der Waals surface area contributed by atoms with Gasteiger partial charge in [-0.3, -0.25) is 9.58 Å². The minimum atomic E-state index is -0.958. The van der Waals surface area contributed by atoms with Crippen molar-refractivity contribution in [2.45, 2.75) is 64.8 Å². The summed E-state index contributed by atoms with van der Waals surface area (Å²) in [6, 6.07) is 16.7. The number of esters is 1. The van der Waals surface area contributed by atoms with E-state index >= 15 is 0 Å². The Morgan fingerprint density at radius 3 is 2.31 bits per heavy atom. The Morgan fingerprint density at radius 2 is 1.71 bits per heavy atom. The quantitative estimate of drug-likeness (QED) is 0.359. The van der Waals surface area contributed by atoms with E-state index < -0.39 is 28.8 Å². The van der Waals surface area contributed by atoms with Gasteiger partial charge in [-0.2, -0.15) is 10.4 Å². The molecule has 0 radical (unpaired) electrons. The largest absolute Gasteiger partial charge is 0.497 e. The number of hydrogen-bond acceptors (Lipinski definition) is 9. The van der Waals surface area contributed by atoms with Crippen LogP contribution in [0.3, 0.4) is 0 Å². The Bertz CT molecular complexity index is 1560. The van der Waals surface area contributed by atoms with Crippen LogP contribution in [-0.2, 0) is 20.8 Å². The second-order valence-electron chi connectivity index (χ2n) is 11.7. The van der Waals surface area contributed by atoms with Crippen molar-refractivity contribution in [3.8, 4) is 23.1 Å². The minimum absolute atomic E-state index is 0.157. The Morgan fingerprint density at radius 1 is 1.05 bits per heavy atom. The van der Waals surface area contributed by atoms with Gasteiger partial charge < -0.3 is 19.9 Å². The Labute approximate surface area is 250 Å². The molecule has 10 nitrogen and oxygen atoms in total. The fourth-order valence-corrected chi connectivity index (χ4v) is 5.23. The molecule has 2 heterocycles. The van der Waals surface area contributed by atoms with E-state index in [1.807, 2.05) is 30.3 Å². The maximum absolute atomic E-state index is 13.6. The lowest BCUT2D eigenvalue weighted by Gasteiger charge is -2.28. The third-order valence-corrected chi connectivity index (χ3v) is 6.96. The first kappa shape index (κ1) is 30.7. The van der Waals surface area contributed by atoms with Crippen molar-refractivity contribution in [1.29, 1.82) is 5.26 Å². The van der Waals surface area contributed by atoms with Gasteiger partial charge in [0.05, 0.1) is 31.0 Å². The second-order valence-corrected chi connectivity index (χ2v) is 12.8. The summed E-state index contributed by atoms with van der Waals surface area (Å²) in [6.07, 6.45) is 1.05. The van der Waals surface area contributed by atoms with Crippen molar-refractivity contribution in [3.05, 3.63) is 76.3 Å². The molecule has 3 aromatic rings. The molecule has 0 saturated heterocycles. The fourth-order valence-electron chi connectivity index (χ4n) is 4.24. The lowest BCUT2D eigenvalue weighted by Crippen LogP contribution is -2.42. The van der Waals surface area contributed by atoms with Crippen LogP contribution in [0.2, 0.25) is 0 Å². The predicted molar refractivity (Wildman–Crippen MR) is 161 cm³/mol. The van der Waals surface area contributed by atoms with Crippen molar-refractivity contribution >= 4 is 29.5 Å². The first-order chi connectivity index (χ1) is 19.7. The van der Waals surface area contributed by atoms with E-state index in [2.05, 4.69) is 6.07 Å². The van der Waals surface area contributed by atoms with Crippen LogP contribution in [0.1, 0.15) is 58.2 Å². The lowest BCUT2D eigenvalue weighted by molar-refractivity contribution is -0.148. The van der Waals surface area contributed by atoms with E-state index in [1.165, 1.54) is 4.90 Å². The monoisotopic (exact) mass is 589 g/mol. The molecule has 2 aromatic carbocycles. The van der Waals surface area contributed by atoms with Gasteiger partial charge in [0.15, 0.2) is 0 Å². The smallest absolute Gasteiger partial charge is 0.416 e. The molecule has 1 aromatic heterocycles. The normalized spacial score (nSPS) is 15.4. The van der Waals surface area contributed by atoms with E-state index in [9.17, 15) is 14.9 Å². The second kappa shape index (κ2) is 11.9. The molecule has 1 amide bonds. The highest BCUT2D eigenvalue weighted by molar-refractivity contribution is 8.05. The average Bonchev–Trinajstić information content (AvgIpc) is 3.48. The van der Waals surface area contributed by atoms with Gasteiger partial charge in [0, 0.05) is 17.3 Å². The standard InChI is InChI=1S/C31H35N5O5S/c1-30(2,3)40-27(37)26-25(36(28(33)42-26)29(38)41-31(4,5)6)23-18-35(17-19-11-13-22(39-7)14-12-19)34-24(23)21-10-8-9-20(15-21)16-32/h8-15,18,28H,17,33H2,1-7H3. The number of amides is 1.